The monoisotopic (exact) mass is 254 g/mol. The summed E-state index contributed by atoms with van der Waals surface area (Å²) in [4.78, 5) is 2.51. The van der Waals surface area contributed by atoms with Crippen molar-refractivity contribution in [3.8, 4) is 0 Å². The Morgan fingerprint density at radius 3 is 2.44 bits per heavy atom. The predicted octanol–water partition coefficient (Wildman–Crippen LogP) is 3.38. The van der Waals surface area contributed by atoms with Crippen LogP contribution < -0.4 is 5.32 Å². The summed E-state index contributed by atoms with van der Waals surface area (Å²) in [6.45, 7) is 15.4. The Hall–Kier alpha value is -0.0800. The Kier molecular flexibility index (Phi) is 6.13. The highest BCUT2D eigenvalue weighted by molar-refractivity contribution is 4.84. The number of likely N-dealkylation sites (tertiary alicyclic amines) is 1. The highest BCUT2D eigenvalue weighted by Crippen LogP contribution is 2.29. The lowest BCUT2D eigenvalue weighted by Crippen LogP contribution is -2.48. The van der Waals surface area contributed by atoms with E-state index in [9.17, 15) is 0 Å². The maximum Gasteiger partial charge on any atom is 0.0198 e. The molecule has 0 aliphatic carbocycles. The number of nitrogens with one attached hydrogen (secondary N) is 1. The zero-order valence-corrected chi connectivity index (χ0v) is 13.4. The number of hydrogen-bond acceptors (Lipinski definition) is 2. The fourth-order valence-electron chi connectivity index (χ4n) is 3.18. The second kappa shape index (κ2) is 6.91. The van der Waals surface area contributed by atoms with E-state index in [4.69, 9.17) is 0 Å². The first kappa shape index (κ1) is 16.0. The molecular formula is C16H34N2. The molecular weight excluding hydrogens is 220 g/mol. The third-order valence-electron chi connectivity index (χ3n) is 3.78. The van der Waals surface area contributed by atoms with Crippen molar-refractivity contribution < 1.29 is 0 Å². The standard InChI is InChI=1S/C16H34N2/c1-13(2)7-8-17-15-9-14(10-16(3,4)5)11-18(6)12-15/h13-15,17H,7-12H2,1-6H3. The molecule has 0 radical (unpaired) electrons. The molecule has 2 nitrogen and oxygen atoms in total. The molecule has 0 aromatic rings. The molecule has 0 amide bonds. The molecule has 0 saturated carbocycles. The smallest absolute Gasteiger partial charge is 0.0198 e. The molecule has 0 aromatic heterocycles. The van der Waals surface area contributed by atoms with Crippen LogP contribution in [0, 0.1) is 17.3 Å². The Balaban J connectivity index is 2.36. The first-order chi connectivity index (χ1) is 8.26. The Morgan fingerprint density at radius 1 is 1.22 bits per heavy atom. The summed E-state index contributed by atoms with van der Waals surface area (Å²) in [7, 11) is 2.27. The minimum Gasteiger partial charge on any atom is -0.313 e. The summed E-state index contributed by atoms with van der Waals surface area (Å²) < 4.78 is 0. The van der Waals surface area contributed by atoms with Crippen molar-refractivity contribution in [2.75, 3.05) is 26.7 Å². The van der Waals surface area contributed by atoms with Gasteiger partial charge in [0.2, 0.25) is 0 Å². The van der Waals surface area contributed by atoms with E-state index < -0.39 is 0 Å². The van der Waals surface area contributed by atoms with E-state index in [1.165, 1.54) is 38.9 Å². The fraction of sp³-hybridized carbons (Fsp3) is 1.00. The number of piperidine rings is 1. The number of rotatable bonds is 5. The molecule has 1 aliphatic rings. The Labute approximate surface area is 115 Å². The number of nitrogens with zero attached hydrogens (tertiary/aromatic N) is 1. The SMILES string of the molecule is CC(C)CCNC1CC(CC(C)(C)C)CN(C)C1. The second-order valence-corrected chi connectivity index (χ2v) is 7.92. The molecule has 1 aliphatic heterocycles. The van der Waals surface area contributed by atoms with Crippen LogP contribution in [0.1, 0.15) is 53.9 Å². The highest BCUT2D eigenvalue weighted by Gasteiger charge is 2.27. The van der Waals surface area contributed by atoms with E-state index in [1.54, 1.807) is 0 Å². The van der Waals surface area contributed by atoms with Gasteiger partial charge in [0.1, 0.15) is 0 Å². The lowest BCUT2D eigenvalue weighted by Gasteiger charge is -2.38. The van der Waals surface area contributed by atoms with Crippen molar-refractivity contribution in [2.24, 2.45) is 17.3 Å². The first-order valence-corrected chi connectivity index (χ1v) is 7.68. The average Bonchev–Trinajstić information content (AvgIpc) is 2.12. The van der Waals surface area contributed by atoms with E-state index >= 15 is 0 Å². The van der Waals surface area contributed by atoms with Gasteiger partial charge in [-0.15, -0.1) is 0 Å². The van der Waals surface area contributed by atoms with Crippen LogP contribution in [0.2, 0.25) is 0 Å². The molecule has 1 N–H and O–H groups in total. The summed E-state index contributed by atoms with van der Waals surface area (Å²) in [6, 6.07) is 0.704. The molecule has 108 valence electrons. The van der Waals surface area contributed by atoms with Crippen molar-refractivity contribution >= 4 is 0 Å². The quantitative estimate of drug-likeness (QED) is 0.809. The van der Waals surface area contributed by atoms with Gasteiger partial charge in [0.25, 0.3) is 0 Å². The van der Waals surface area contributed by atoms with Gasteiger partial charge in [-0.25, -0.2) is 0 Å². The number of hydrogen-bond donors (Lipinski definition) is 1. The summed E-state index contributed by atoms with van der Waals surface area (Å²) in [5.41, 5.74) is 0.464. The van der Waals surface area contributed by atoms with Gasteiger partial charge >= 0.3 is 0 Å². The van der Waals surface area contributed by atoms with Crippen molar-refractivity contribution in [1.29, 1.82) is 0 Å². The lowest BCUT2D eigenvalue weighted by atomic mass is 9.80. The van der Waals surface area contributed by atoms with Crippen LogP contribution in [0.25, 0.3) is 0 Å². The van der Waals surface area contributed by atoms with Gasteiger partial charge in [0.15, 0.2) is 0 Å². The molecule has 0 spiro atoms. The molecule has 2 unspecified atom stereocenters. The van der Waals surface area contributed by atoms with Crippen molar-refractivity contribution in [3.63, 3.8) is 0 Å². The lowest BCUT2D eigenvalue weighted by molar-refractivity contribution is 0.135. The van der Waals surface area contributed by atoms with Gasteiger partial charge in [0, 0.05) is 19.1 Å². The minimum absolute atomic E-state index is 0.464. The van der Waals surface area contributed by atoms with Crippen LogP contribution in [-0.4, -0.2) is 37.6 Å². The fourth-order valence-corrected chi connectivity index (χ4v) is 3.18. The number of likely N-dealkylation sites (N-methyl/N-ethyl adjacent to an activating group) is 1. The molecule has 1 saturated heterocycles. The van der Waals surface area contributed by atoms with E-state index in [2.05, 4.69) is 51.9 Å². The van der Waals surface area contributed by atoms with Crippen LogP contribution in [0.15, 0.2) is 0 Å². The summed E-state index contributed by atoms with van der Waals surface area (Å²) in [6.07, 6.45) is 4.00. The van der Waals surface area contributed by atoms with E-state index in [0.717, 1.165) is 11.8 Å². The summed E-state index contributed by atoms with van der Waals surface area (Å²) in [5, 5.41) is 3.76. The maximum absolute atomic E-state index is 3.76. The summed E-state index contributed by atoms with van der Waals surface area (Å²) >= 11 is 0. The summed E-state index contributed by atoms with van der Waals surface area (Å²) in [5.74, 6) is 1.67. The highest BCUT2D eigenvalue weighted by atomic mass is 15.1. The van der Waals surface area contributed by atoms with Gasteiger partial charge < -0.3 is 10.2 Å². The van der Waals surface area contributed by atoms with E-state index in [1.807, 2.05) is 0 Å². The minimum atomic E-state index is 0.464. The third kappa shape index (κ3) is 6.75. The molecule has 1 rings (SSSR count). The van der Waals surface area contributed by atoms with Crippen LogP contribution in [0.5, 0.6) is 0 Å². The zero-order chi connectivity index (χ0) is 13.8. The molecule has 18 heavy (non-hydrogen) atoms. The Morgan fingerprint density at radius 2 is 1.89 bits per heavy atom. The van der Waals surface area contributed by atoms with Crippen molar-refractivity contribution in [3.05, 3.63) is 0 Å². The van der Waals surface area contributed by atoms with Crippen LogP contribution in [0.4, 0.5) is 0 Å². The molecule has 0 aromatic carbocycles. The van der Waals surface area contributed by atoms with Crippen LogP contribution in [0.3, 0.4) is 0 Å². The zero-order valence-electron chi connectivity index (χ0n) is 13.4. The van der Waals surface area contributed by atoms with Gasteiger partial charge in [0.05, 0.1) is 0 Å². The van der Waals surface area contributed by atoms with E-state index in [-0.39, 0.29) is 0 Å². The van der Waals surface area contributed by atoms with E-state index in [0.29, 0.717) is 11.5 Å². The average molecular weight is 254 g/mol. The second-order valence-electron chi connectivity index (χ2n) is 7.92. The molecule has 2 atom stereocenters. The van der Waals surface area contributed by atoms with Crippen molar-refractivity contribution in [2.45, 2.75) is 59.9 Å². The third-order valence-corrected chi connectivity index (χ3v) is 3.78. The maximum atomic E-state index is 3.76. The van der Waals surface area contributed by atoms with Gasteiger partial charge in [-0.1, -0.05) is 34.6 Å². The largest absolute Gasteiger partial charge is 0.313 e. The van der Waals surface area contributed by atoms with Crippen LogP contribution in [-0.2, 0) is 0 Å². The Bertz CT molecular complexity index is 230. The molecule has 1 heterocycles. The van der Waals surface area contributed by atoms with Gasteiger partial charge in [-0.2, -0.15) is 0 Å². The predicted molar refractivity (Wildman–Crippen MR) is 80.9 cm³/mol. The molecule has 2 heteroatoms. The molecule has 0 bridgehead atoms. The molecule has 1 fully saturated rings. The van der Waals surface area contributed by atoms with Crippen LogP contribution >= 0.6 is 0 Å². The normalized spacial score (nSPS) is 26.8. The first-order valence-electron chi connectivity index (χ1n) is 7.68. The van der Waals surface area contributed by atoms with Gasteiger partial charge in [-0.05, 0) is 50.1 Å². The van der Waals surface area contributed by atoms with Crippen molar-refractivity contribution in [1.82, 2.24) is 10.2 Å². The van der Waals surface area contributed by atoms with Gasteiger partial charge in [-0.3, -0.25) is 0 Å². The topological polar surface area (TPSA) is 15.3 Å².